The van der Waals surface area contributed by atoms with Gasteiger partial charge in [-0.1, -0.05) is 0 Å². The molecule has 10 unspecified atom stereocenters. The van der Waals surface area contributed by atoms with Gasteiger partial charge in [-0.05, 0) is 0 Å². The fraction of sp³-hybridized carbons (Fsp3) is 0.909. The lowest BCUT2D eigenvalue weighted by Gasteiger charge is -2.39. The van der Waals surface area contributed by atoms with Gasteiger partial charge in [-0.3, -0.25) is 14.5 Å². The summed E-state index contributed by atoms with van der Waals surface area (Å²) in [7, 11) is 0. The van der Waals surface area contributed by atoms with E-state index in [4.69, 9.17) is 15.2 Å². The first-order valence-corrected chi connectivity index (χ1v) is 14.9. The van der Waals surface area contributed by atoms with E-state index in [1.54, 1.807) is 0 Å². The van der Waals surface area contributed by atoms with E-state index in [0.717, 1.165) is 23.5 Å². The predicted molar refractivity (Wildman–Crippen MR) is 144 cm³/mol. The number of aliphatic hydroxyl groups is 8. The molecule has 0 aromatic heterocycles. The Morgan fingerprint density at radius 2 is 1.07 bits per heavy atom. The maximum Gasteiger partial charge on any atom is 0.230 e. The van der Waals surface area contributed by atoms with Crippen molar-refractivity contribution in [3.63, 3.8) is 0 Å². The third-order valence-corrected chi connectivity index (χ3v) is 8.69. The Balaban J connectivity index is 1.65. The summed E-state index contributed by atoms with van der Waals surface area (Å²) in [5.41, 5.74) is 3.65. The second kappa shape index (κ2) is 18.0. The van der Waals surface area contributed by atoms with Crippen LogP contribution in [0.2, 0.25) is 0 Å². The number of nitrogens with two attached hydrogens (primary N) is 1. The topological polar surface area (TPSA) is 268 Å². The lowest BCUT2D eigenvalue weighted by Crippen LogP contribution is -2.57. The largest absolute Gasteiger partial charge is 0.394 e. The minimum absolute atomic E-state index is 0.0955. The smallest absolute Gasteiger partial charge is 0.230 e. The van der Waals surface area contributed by atoms with Crippen molar-refractivity contribution >= 4 is 35.3 Å². The van der Waals surface area contributed by atoms with E-state index in [2.05, 4.69) is 10.6 Å². The fourth-order valence-corrected chi connectivity index (χ4v) is 6.05. The third kappa shape index (κ3) is 10.5. The summed E-state index contributed by atoms with van der Waals surface area (Å²) in [4.78, 5) is 26.4. The number of rotatable bonds is 16. The Hall–Kier alpha value is -0.840. The molecule has 2 fully saturated rings. The Bertz CT molecular complexity index is 715. The van der Waals surface area contributed by atoms with Gasteiger partial charge < -0.3 is 66.7 Å². The van der Waals surface area contributed by atoms with Crippen LogP contribution >= 0.6 is 23.5 Å². The highest BCUT2D eigenvalue weighted by Crippen LogP contribution is 2.29. The highest BCUT2D eigenvalue weighted by molar-refractivity contribution is 8.00. The zero-order valence-electron chi connectivity index (χ0n) is 21.9. The molecule has 0 saturated carbocycles. The lowest BCUT2D eigenvalue weighted by atomic mass is 10.0. The van der Waals surface area contributed by atoms with E-state index >= 15 is 0 Å². The summed E-state index contributed by atoms with van der Waals surface area (Å²) in [6, 6.07) is 0. The van der Waals surface area contributed by atoms with E-state index in [0.29, 0.717) is 26.2 Å². The number of thioether (sulfide) groups is 2. The Morgan fingerprint density at radius 1 is 0.675 bits per heavy atom. The van der Waals surface area contributed by atoms with Gasteiger partial charge in [0.2, 0.25) is 11.8 Å². The molecule has 0 aliphatic carbocycles. The van der Waals surface area contributed by atoms with Crippen LogP contribution in [-0.4, -0.2) is 181 Å². The summed E-state index contributed by atoms with van der Waals surface area (Å²) in [5.74, 6) is -0.898. The molecule has 2 amide bonds. The quantitative estimate of drug-likeness (QED) is 0.0767. The first kappa shape index (κ1) is 35.4. The summed E-state index contributed by atoms with van der Waals surface area (Å²) in [6.45, 7) is 1.16. The first-order valence-electron chi connectivity index (χ1n) is 12.8. The molecule has 0 aromatic rings. The number of ether oxygens (including phenoxy) is 2. The molecular weight excluding hydrogens is 576 g/mol. The van der Waals surface area contributed by atoms with Gasteiger partial charge >= 0.3 is 0 Å². The van der Waals surface area contributed by atoms with Crippen LogP contribution in [0.4, 0.5) is 0 Å². The van der Waals surface area contributed by atoms with Crippen molar-refractivity contribution in [2.45, 2.75) is 59.7 Å². The van der Waals surface area contributed by atoms with E-state index < -0.39 is 72.9 Å². The number of carbonyl (C=O) groups is 2. The lowest BCUT2D eigenvalue weighted by molar-refractivity contribution is -0.205. The van der Waals surface area contributed by atoms with Gasteiger partial charge in [0.15, 0.2) is 0 Å². The van der Waals surface area contributed by atoms with E-state index in [1.807, 2.05) is 4.90 Å². The number of hydrogen-bond acceptors (Lipinski definition) is 16. The van der Waals surface area contributed by atoms with Crippen molar-refractivity contribution < 1.29 is 59.9 Å². The van der Waals surface area contributed by atoms with Crippen LogP contribution < -0.4 is 16.4 Å². The average molecular weight is 619 g/mol. The van der Waals surface area contributed by atoms with Crippen LogP contribution in [0.5, 0.6) is 0 Å². The van der Waals surface area contributed by atoms with Gasteiger partial charge in [-0.25, -0.2) is 0 Å². The molecule has 10 atom stereocenters. The van der Waals surface area contributed by atoms with Gasteiger partial charge in [-0.15, -0.1) is 23.5 Å². The van der Waals surface area contributed by atoms with E-state index in [9.17, 15) is 50.4 Å². The summed E-state index contributed by atoms with van der Waals surface area (Å²) in [5, 5.41) is 83.4. The van der Waals surface area contributed by atoms with E-state index in [1.165, 1.54) is 0 Å². The standard InChI is InChI=1S/C22H42N4O12S2/c23-1-4-26(5-2-24-13(29)9-39-21-19(35)17(33)15(31)11(7-27)37-21)6-3-25-14(30)10-40-22-20(36)18(34)16(32)12(8-28)38-22/h11-12,15-22,27-28,31-36H,1-10,23H2,(H,24,29)(H,25,30). The van der Waals surface area contributed by atoms with Crippen molar-refractivity contribution in [1.82, 2.24) is 15.5 Å². The molecule has 2 heterocycles. The van der Waals surface area contributed by atoms with Crippen LogP contribution in [-0.2, 0) is 19.1 Å². The van der Waals surface area contributed by atoms with Crippen molar-refractivity contribution in [1.29, 1.82) is 0 Å². The highest BCUT2D eigenvalue weighted by Gasteiger charge is 2.44. The summed E-state index contributed by atoms with van der Waals surface area (Å²) < 4.78 is 10.7. The number of carbonyl (C=O) groups excluding carboxylic acids is 2. The molecule has 2 aliphatic rings. The minimum Gasteiger partial charge on any atom is -0.394 e. The molecule has 0 spiro atoms. The Labute approximate surface area is 240 Å². The van der Waals surface area contributed by atoms with Crippen LogP contribution in [0.1, 0.15) is 0 Å². The molecule has 2 saturated heterocycles. The highest BCUT2D eigenvalue weighted by atomic mass is 32.2. The zero-order chi connectivity index (χ0) is 29.8. The van der Waals surface area contributed by atoms with Gasteiger partial charge in [0.05, 0.1) is 24.7 Å². The SMILES string of the molecule is NCCN(CCNC(=O)CSC1OC(CO)C(O)C(O)C1O)CCNC(=O)CSC1OC(CO)C(O)C(O)C1O. The number of aliphatic hydroxyl groups excluding tert-OH is 8. The molecule has 16 nitrogen and oxygen atoms in total. The predicted octanol–water partition coefficient (Wildman–Crippen LogP) is -6.45. The van der Waals surface area contributed by atoms with Crippen LogP contribution in [0.3, 0.4) is 0 Å². The third-order valence-electron chi connectivity index (χ3n) is 6.40. The first-order chi connectivity index (χ1) is 19.0. The van der Waals surface area contributed by atoms with Crippen molar-refractivity contribution in [3.05, 3.63) is 0 Å². The van der Waals surface area contributed by atoms with Crippen LogP contribution in [0, 0.1) is 0 Å². The molecule has 234 valence electrons. The maximum absolute atomic E-state index is 12.2. The van der Waals surface area contributed by atoms with Gasteiger partial charge in [-0.2, -0.15) is 0 Å². The molecule has 18 heteroatoms. The summed E-state index contributed by atoms with van der Waals surface area (Å²) >= 11 is 1.86. The van der Waals surface area contributed by atoms with Crippen molar-refractivity contribution in [3.8, 4) is 0 Å². The van der Waals surface area contributed by atoms with Crippen molar-refractivity contribution in [2.24, 2.45) is 5.73 Å². The molecule has 0 radical (unpaired) electrons. The zero-order valence-corrected chi connectivity index (χ0v) is 23.5. The summed E-state index contributed by atoms with van der Waals surface area (Å²) in [6.07, 6.45) is -10.9. The molecular formula is C22H42N4O12S2. The average Bonchev–Trinajstić information content (AvgIpc) is 2.94. The molecule has 12 N–H and O–H groups in total. The normalized spacial score (nSPS) is 34.5. The fourth-order valence-electron chi connectivity index (χ4n) is 4.05. The van der Waals surface area contributed by atoms with Crippen LogP contribution in [0.15, 0.2) is 0 Å². The molecule has 0 aromatic carbocycles. The second-order valence-corrected chi connectivity index (χ2v) is 11.5. The molecule has 2 aliphatic heterocycles. The van der Waals surface area contributed by atoms with Gasteiger partial charge in [0, 0.05) is 39.3 Å². The van der Waals surface area contributed by atoms with Crippen molar-refractivity contribution in [2.75, 3.05) is 64.0 Å². The number of hydrogen-bond donors (Lipinski definition) is 11. The number of nitrogens with zero attached hydrogens (tertiary/aromatic N) is 1. The molecule has 0 bridgehead atoms. The van der Waals surface area contributed by atoms with E-state index in [-0.39, 0.29) is 36.4 Å². The maximum atomic E-state index is 12.2. The molecule has 2 rings (SSSR count). The molecule has 40 heavy (non-hydrogen) atoms. The monoisotopic (exact) mass is 618 g/mol. The Kier molecular flexibility index (Phi) is 15.9. The number of amides is 2. The van der Waals surface area contributed by atoms with Gasteiger partial charge in [0.1, 0.15) is 59.7 Å². The van der Waals surface area contributed by atoms with Crippen LogP contribution in [0.25, 0.3) is 0 Å². The van der Waals surface area contributed by atoms with Gasteiger partial charge in [0.25, 0.3) is 0 Å². The Morgan fingerprint density at radius 3 is 1.43 bits per heavy atom. The number of nitrogens with one attached hydrogen (secondary N) is 2. The second-order valence-electron chi connectivity index (χ2n) is 9.35. The minimum atomic E-state index is -1.51.